The Balaban J connectivity index is 1.40. The van der Waals surface area contributed by atoms with Crippen molar-refractivity contribution in [2.75, 3.05) is 60.2 Å². The summed E-state index contributed by atoms with van der Waals surface area (Å²) in [7, 11) is 3.25. The van der Waals surface area contributed by atoms with Crippen molar-refractivity contribution in [1.29, 1.82) is 0 Å². The van der Waals surface area contributed by atoms with E-state index in [0.717, 1.165) is 41.4 Å². The maximum absolute atomic E-state index is 13.9. The van der Waals surface area contributed by atoms with Crippen molar-refractivity contribution in [1.82, 2.24) is 14.8 Å². The fourth-order valence-electron chi connectivity index (χ4n) is 4.93. The van der Waals surface area contributed by atoms with Gasteiger partial charge in [0.25, 0.3) is 11.8 Å². The molecule has 210 valence electrons. The highest BCUT2D eigenvalue weighted by Gasteiger charge is 2.35. The van der Waals surface area contributed by atoms with E-state index in [1.54, 1.807) is 30.2 Å². The summed E-state index contributed by atoms with van der Waals surface area (Å²) in [6.45, 7) is 4.03. The number of carbonyl (C=O) groups excluding carboxylic acids is 2. The first-order chi connectivity index (χ1) is 19.6. The molecule has 1 aromatic heterocycles. The molecule has 40 heavy (non-hydrogen) atoms. The van der Waals surface area contributed by atoms with Crippen LogP contribution in [0, 0.1) is 0 Å². The van der Waals surface area contributed by atoms with Gasteiger partial charge in [0.15, 0.2) is 0 Å². The molecule has 2 aromatic carbocycles. The van der Waals surface area contributed by atoms with Gasteiger partial charge in [-0.1, -0.05) is 30.3 Å². The first-order valence-corrected chi connectivity index (χ1v) is 14.2. The van der Waals surface area contributed by atoms with Crippen LogP contribution in [0.1, 0.15) is 33.3 Å². The molecule has 0 spiro atoms. The summed E-state index contributed by atoms with van der Waals surface area (Å²) in [4.78, 5) is 31.9. The van der Waals surface area contributed by atoms with Gasteiger partial charge in [0.2, 0.25) is 0 Å². The van der Waals surface area contributed by atoms with Crippen LogP contribution < -0.4 is 9.47 Å². The van der Waals surface area contributed by atoms with Crippen LogP contribution in [0.4, 0.5) is 0 Å². The number of hydrogen-bond donors (Lipinski definition) is 0. The molecule has 2 aliphatic rings. The zero-order valence-electron chi connectivity index (χ0n) is 22.8. The molecule has 9 nitrogen and oxygen atoms in total. The maximum Gasteiger partial charge on any atom is 0.264 e. The van der Waals surface area contributed by atoms with Crippen molar-refractivity contribution < 1.29 is 23.8 Å². The van der Waals surface area contributed by atoms with Crippen LogP contribution in [0.2, 0.25) is 0 Å². The van der Waals surface area contributed by atoms with Gasteiger partial charge in [-0.3, -0.25) is 14.5 Å². The predicted molar refractivity (Wildman–Crippen MR) is 154 cm³/mol. The SMILES string of the molecule is COc1ccc([C@H]2CC(c3cccc(OC)c3)=NN2C(=O)CN(CCN2CCOCC2)C(=O)c2cccs2)cc1. The molecular formula is C30H34N4O5S. The van der Waals surface area contributed by atoms with E-state index in [9.17, 15) is 9.59 Å². The van der Waals surface area contributed by atoms with Crippen molar-refractivity contribution in [3.63, 3.8) is 0 Å². The second-order valence-corrected chi connectivity index (χ2v) is 10.6. The van der Waals surface area contributed by atoms with Gasteiger partial charge in [0.1, 0.15) is 18.0 Å². The number of methoxy groups -OCH3 is 2. The number of carbonyl (C=O) groups is 2. The average Bonchev–Trinajstić information content (AvgIpc) is 3.71. The summed E-state index contributed by atoms with van der Waals surface area (Å²) in [6, 6.07) is 18.7. The quantitative estimate of drug-likeness (QED) is 0.373. The molecule has 3 aromatic rings. The molecule has 0 aliphatic carbocycles. The summed E-state index contributed by atoms with van der Waals surface area (Å²) in [5.74, 6) is 1.09. The molecule has 0 bridgehead atoms. The van der Waals surface area contributed by atoms with Crippen LogP contribution in [0.25, 0.3) is 0 Å². The van der Waals surface area contributed by atoms with Crippen molar-refractivity contribution in [2.24, 2.45) is 5.10 Å². The van der Waals surface area contributed by atoms with Gasteiger partial charge >= 0.3 is 0 Å². The molecule has 10 heteroatoms. The zero-order valence-corrected chi connectivity index (χ0v) is 23.6. The lowest BCUT2D eigenvalue weighted by Crippen LogP contribution is -2.46. The number of hydrogen-bond acceptors (Lipinski definition) is 8. The van der Waals surface area contributed by atoms with Gasteiger partial charge in [-0.15, -0.1) is 11.3 Å². The lowest BCUT2D eigenvalue weighted by molar-refractivity contribution is -0.133. The standard InChI is InChI=1S/C30H34N4O5S/c1-37-24-10-8-22(9-11-24)27-20-26(23-5-3-6-25(19-23)38-2)31-34(27)29(35)21-33(30(36)28-7-4-18-40-28)13-12-32-14-16-39-17-15-32/h3-11,18-19,27H,12-17,20-21H2,1-2H3/t27-/m1/s1. The fourth-order valence-corrected chi connectivity index (χ4v) is 5.62. The zero-order chi connectivity index (χ0) is 27.9. The summed E-state index contributed by atoms with van der Waals surface area (Å²) < 4.78 is 16.2. The Morgan fingerprint density at radius 3 is 2.50 bits per heavy atom. The second kappa shape index (κ2) is 13.1. The predicted octanol–water partition coefficient (Wildman–Crippen LogP) is 3.92. The Hall–Kier alpha value is -3.73. The summed E-state index contributed by atoms with van der Waals surface area (Å²) in [6.07, 6.45) is 0.540. The Labute approximate surface area is 238 Å². The molecule has 0 saturated carbocycles. The molecule has 0 unspecified atom stereocenters. The first-order valence-electron chi connectivity index (χ1n) is 13.4. The summed E-state index contributed by atoms with van der Waals surface area (Å²) >= 11 is 1.38. The normalized spacial score (nSPS) is 17.4. The highest BCUT2D eigenvalue weighted by Crippen LogP contribution is 2.34. The third-order valence-corrected chi connectivity index (χ3v) is 8.06. The fraction of sp³-hybridized carbons (Fsp3) is 0.367. The highest BCUT2D eigenvalue weighted by molar-refractivity contribution is 7.12. The molecule has 2 amide bonds. The molecule has 1 atom stereocenters. The lowest BCUT2D eigenvalue weighted by atomic mass is 9.98. The van der Waals surface area contributed by atoms with E-state index in [4.69, 9.17) is 19.3 Å². The minimum Gasteiger partial charge on any atom is -0.497 e. The number of rotatable bonds is 10. The smallest absolute Gasteiger partial charge is 0.264 e. The van der Waals surface area contributed by atoms with Crippen LogP contribution in [0.5, 0.6) is 11.5 Å². The Morgan fingerprint density at radius 2 is 1.80 bits per heavy atom. The maximum atomic E-state index is 13.9. The second-order valence-electron chi connectivity index (χ2n) is 9.67. The van der Waals surface area contributed by atoms with E-state index in [-0.39, 0.29) is 24.4 Å². The number of thiophene rings is 1. The Kier molecular flexibility index (Phi) is 9.10. The van der Waals surface area contributed by atoms with Gasteiger partial charge < -0.3 is 19.1 Å². The molecule has 1 fully saturated rings. The molecule has 0 N–H and O–H groups in total. The van der Waals surface area contributed by atoms with Crippen molar-refractivity contribution in [3.8, 4) is 11.5 Å². The monoisotopic (exact) mass is 562 g/mol. The van der Waals surface area contributed by atoms with Crippen molar-refractivity contribution in [3.05, 3.63) is 82.0 Å². The number of morpholine rings is 1. The summed E-state index contributed by atoms with van der Waals surface area (Å²) in [5.41, 5.74) is 2.63. The summed E-state index contributed by atoms with van der Waals surface area (Å²) in [5, 5.41) is 8.23. The van der Waals surface area contributed by atoms with Crippen molar-refractivity contribution in [2.45, 2.75) is 12.5 Å². The number of hydrazone groups is 1. The van der Waals surface area contributed by atoms with Crippen LogP contribution in [-0.4, -0.2) is 92.5 Å². The van der Waals surface area contributed by atoms with Gasteiger partial charge in [-0.2, -0.15) is 5.10 Å². The van der Waals surface area contributed by atoms with Crippen LogP contribution in [0.3, 0.4) is 0 Å². The van der Waals surface area contributed by atoms with Crippen LogP contribution >= 0.6 is 11.3 Å². The molecule has 3 heterocycles. The molecule has 2 aliphatic heterocycles. The number of amides is 2. The van der Waals surface area contributed by atoms with Gasteiger partial charge in [-0.25, -0.2) is 5.01 Å². The topological polar surface area (TPSA) is 83.9 Å². The van der Waals surface area contributed by atoms with E-state index < -0.39 is 0 Å². The van der Waals surface area contributed by atoms with E-state index >= 15 is 0 Å². The van der Waals surface area contributed by atoms with Crippen LogP contribution in [-0.2, 0) is 9.53 Å². The van der Waals surface area contributed by atoms with Crippen molar-refractivity contribution >= 4 is 28.9 Å². The van der Waals surface area contributed by atoms with Gasteiger partial charge in [0, 0.05) is 38.2 Å². The third kappa shape index (κ3) is 6.52. The molecular weight excluding hydrogens is 528 g/mol. The molecule has 0 radical (unpaired) electrons. The van der Waals surface area contributed by atoms with E-state index in [0.29, 0.717) is 37.6 Å². The Morgan fingerprint density at radius 1 is 1.02 bits per heavy atom. The minimum atomic E-state index is -0.308. The lowest BCUT2D eigenvalue weighted by Gasteiger charge is -2.31. The molecule has 1 saturated heterocycles. The average molecular weight is 563 g/mol. The van der Waals surface area contributed by atoms with E-state index in [2.05, 4.69) is 4.90 Å². The third-order valence-electron chi connectivity index (χ3n) is 7.20. The van der Waals surface area contributed by atoms with Gasteiger partial charge in [-0.05, 0) is 41.3 Å². The van der Waals surface area contributed by atoms with Gasteiger partial charge in [0.05, 0.1) is 44.1 Å². The highest BCUT2D eigenvalue weighted by atomic mass is 32.1. The minimum absolute atomic E-state index is 0.0668. The molecule has 5 rings (SSSR count). The number of ether oxygens (including phenoxy) is 3. The largest absolute Gasteiger partial charge is 0.497 e. The van der Waals surface area contributed by atoms with E-state index in [1.807, 2.05) is 60.0 Å². The van der Waals surface area contributed by atoms with E-state index in [1.165, 1.54) is 11.3 Å². The number of benzene rings is 2. The Bertz CT molecular complexity index is 1320. The van der Waals surface area contributed by atoms with Crippen LogP contribution in [0.15, 0.2) is 71.1 Å². The first kappa shape index (κ1) is 27.8. The number of nitrogens with zero attached hydrogens (tertiary/aromatic N) is 4.